The number of carbonyl (C=O) groups excluding carboxylic acids is 1. The molecule has 1 heterocycles. The molecule has 3 aromatic rings. The number of amides is 1. The number of aryl methyl sites for hydroxylation is 2. The average molecular weight is 443 g/mol. The standard InChI is InChI=1S/C19H17N5O6S/c1-13-3-9-16(10-4-13)31(28,29)30-15-7-5-14(6-8-15)11-20-21-19(25)18-17(24(26)27)12-23(2)22-18/h3-12H,1-2H3,(H,21,25). The Kier molecular flexibility index (Phi) is 6.11. The fourth-order valence-corrected chi connectivity index (χ4v) is 3.41. The number of hydrogen-bond acceptors (Lipinski definition) is 8. The molecule has 0 spiro atoms. The normalized spacial score (nSPS) is 11.4. The van der Waals surface area contributed by atoms with Crippen molar-refractivity contribution in [1.29, 1.82) is 0 Å². The third-order valence-corrected chi connectivity index (χ3v) is 5.26. The van der Waals surface area contributed by atoms with Gasteiger partial charge in [0.15, 0.2) is 0 Å². The molecule has 0 saturated carbocycles. The molecule has 2 aromatic carbocycles. The molecule has 3 rings (SSSR count). The molecule has 0 fully saturated rings. The summed E-state index contributed by atoms with van der Waals surface area (Å²) < 4.78 is 30.9. The summed E-state index contributed by atoms with van der Waals surface area (Å²) >= 11 is 0. The Labute approximate surface area is 177 Å². The van der Waals surface area contributed by atoms with E-state index in [1.54, 1.807) is 12.1 Å². The van der Waals surface area contributed by atoms with Crippen LogP contribution in [0, 0.1) is 17.0 Å². The predicted molar refractivity (Wildman–Crippen MR) is 110 cm³/mol. The Morgan fingerprint density at radius 2 is 1.84 bits per heavy atom. The second-order valence-corrected chi connectivity index (χ2v) is 7.96. The highest BCUT2D eigenvalue weighted by Gasteiger charge is 2.24. The lowest BCUT2D eigenvalue weighted by Gasteiger charge is -2.07. The quantitative estimate of drug-likeness (QED) is 0.255. The van der Waals surface area contributed by atoms with Crippen molar-refractivity contribution in [2.75, 3.05) is 0 Å². The number of carbonyl (C=O) groups is 1. The predicted octanol–water partition coefficient (Wildman–Crippen LogP) is 2.17. The maximum Gasteiger partial charge on any atom is 0.339 e. The fraction of sp³-hybridized carbons (Fsp3) is 0.105. The smallest absolute Gasteiger partial charge is 0.339 e. The zero-order chi connectivity index (χ0) is 22.6. The van der Waals surface area contributed by atoms with Gasteiger partial charge in [0.05, 0.1) is 11.1 Å². The van der Waals surface area contributed by atoms with E-state index in [-0.39, 0.29) is 16.3 Å². The van der Waals surface area contributed by atoms with Crippen LogP contribution < -0.4 is 9.61 Å². The molecular formula is C19H17N5O6S. The number of aromatic nitrogens is 2. The monoisotopic (exact) mass is 443 g/mol. The van der Waals surface area contributed by atoms with Gasteiger partial charge in [-0.2, -0.15) is 18.6 Å². The van der Waals surface area contributed by atoms with Crippen LogP contribution in [0.4, 0.5) is 5.69 Å². The number of benzene rings is 2. The zero-order valence-corrected chi connectivity index (χ0v) is 17.2. The van der Waals surface area contributed by atoms with Gasteiger partial charge in [0.1, 0.15) is 16.8 Å². The van der Waals surface area contributed by atoms with Crippen molar-refractivity contribution in [3.63, 3.8) is 0 Å². The molecule has 0 aliphatic heterocycles. The molecule has 12 heteroatoms. The van der Waals surface area contributed by atoms with E-state index >= 15 is 0 Å². The van der Waals surface area contributed by atoms with E-state index in [1.807, 2.05) is 6.92 Å². The van der Waals surface area contributed by atoms with Crippen molar-refractivity contribution in [2.45, 2.75) is 11.8 Å². The third-order valence-electron chi connectivity index (χ3n) is 4.00. The highest BCUT2D eigenvalue weighted by molar-refractivity contribution is 7.87. The van der Waals surface area contributed by atoms with Crippen LogP contribution in [0.5, 0.6) is 5.75 Å². The largest absolute Gasteiger partial charge is 0.379 e. The van der Waals surface area contributed by atoms with Crippen molar-refractivity contribution < 1.29 is 22.3 Å². The lowest BCUT2D eigenvalue weighted by atomic mass is 10.2. The van der Waals surface area contributed by atoms with E-state index < -0.39 is 26.6 Å². The van der Waals surface area contributed by atoms with Gasteiger partial charge in [-0.3, -0.25) is 19.6 Å². The van der Waals surface area contributed by atoms with Crippen LogP contribution in [-0.4, -0.2) is 35.2 Å². The molecular weight excluding hydrogens is 426 g/mol. The van der Waals surface area contributed by atoms with Gasteiger partial charge in [0.2, 0.25) is 5.69 Å². The first kappa shape index (κ1) is 21.6. The minimum absolute atomic E-state index is 0.0371. The Morgan fingerprint density at radius 1 is 1.19 bits per heavy atom. The summed E-state index contributed by atoms with van der Waals surface area (Å²) in [7, 11) is -2.51. The summed E-state index contributed by atoms with van der Waals surface area (Å²) in [5.74, 6) is -0.737. The van der Waals surface area contributed by atoms with Gasteiger partial charge in [-0.15, -0.1) is 0 Å². The Bertz CT molecular complexity index is 1250. The number of nitrogens with one attached hydrogen (secondary N) is 1. The molecule has 1 amide bonds. The van der Waals surface area contributed by atoms with Crippen LogP contribution in [-0.2, 0) is 17.2 Å². The first-order valence-corrected chi connectivity index (χ1v) is 10.2. The first-order valence-electron chi connectivity index (χ1n) is 8.78. The highest BCUT2D eigenvalue weighted by atomic mass is 32.2. The van der Waals surface area contributed by atoms with Crippen LogP contribution in [0.1, 0.15) is 21.6 Å². The van der Waals surface area contributed by atoms with E-state index in [1.165, 1.54) is 49.7 Å². The topological polar surface area (TPSA) is 146 Å². The van der Waals surface area contributed by atoms with Gasteiger partial charge in [0, 0.05) is 7.05 Å². The molecule has 1 N–H and O–H groups in total. The van der Waals surface area contributed by atoms with Crippen LogP contribution in [0.2, 0.25) is 0 Å². The van der Waals surface area contributed by atoms with Gasteiger partial charge >= 0.3 is 15.8 Å². The van der Waals surface area contributed by atoms with E-state index in [9.17, 15) is 23.3 Å². The molecule has 11 nitrogen and oxygen atoms in total. The number of nitrogens with zero attached hydrogens (tertiary/aromatic N) is 4. The summed E-state index contributed by atoms with van der Waals surface area (Å²) in [5, 5.41) is 18.4. The third kappa shape index (κ3) is 5.30. The van der Waals surface area contributed by atoms with Crippen molar-refractivity contribution in [1.82, 2.24) is 15.2 Å². The summed E-state index contributed by atoms with van der Waals surface area (Å²) in [6, 6.07) is 12.2. The van der Waals surface area contributed by atoms with Crippen molar-refractivity contribution in [3.05, 3.63) is 81.7 Å². The Hall–Kier alpha value is -4.06. The molecule has 0 unspecified atom stereocenters. The maximum atomic E-state index is 12.3. The number of rotatable bonds is 7. The molecule has 1 aromatic heterocycles. The van der Waals surface area contributed by atoms with Crippen LogP contribution in [0.25, 0.3) is 0 Å². The number of hydrazone groups is 1. The van der Waals surface area contributed by atoms with E-state index in [4.69, 9.17) is 4.18 Å². The van der Waals surface area contributed by atoms with Gasteiger partial charge in [-0.1, -0.05) is 17.7 Å². The summed E-state index contributed by atoms with van der Waals surface area (Å²) in [6.07, 6.45) is 2.40. The van der Waals surface area contributed by atoms with E-state index in [0.717, 1.165) is 16.4 Å². The van der Waals surface area contributed by atoms with E-state index in [0.29, 0.717) is 5.56 Å². The molecule has 0 saturated heterocycles. The van der Waals surface area contributed by atoms with E-state index in [2.05, 4.69) is 15.6 Å². The van der Waals surface area contributed by atoms with Gasteiger partial charge in [-0.25, -0.2) is 5.43 Å². The molecule has 0 aliphatic rings. The molecule has 0 radical (unpaired) electrons. The minimum Gasteiger partial charge on any atom is -0.379 e. The van der Waals surface area contributed by atoms with Crippen molar-refractivity contribution >= 4 is 27.9 Å². The van der Waals surface area contributed by atoms with Crippen molar-refractivity contribution in [3.8, 4) is 5.75 Å². The van der Waals surface area contributed by atoms with Crippen LogP contribution >= 0.6 is 0 Å². The zero-order valence-electron chi connectivity index (χ0n) is 16.4. The summed E-state index contributed by atoms with van der Waals surface area (Å²) in [4.78, 5) is 22.3. The average Bonchev–Trinajstić information content (AvgIpc) is 3.11. The molecule has 0 bridgehead atoms. The highest BCUT2D eigenvalue weighted by Crippen LogP contribution is 2.19. The second-order valence-electron chi connectivity index (χ2n) is 6.41. The fourth-order valence-electron chi connectivity index (χ4n) is 2.48. The van der Waals surface area contributed by atoms with Gasteiger partial charge < -0.3 is 4.18 Å². The summed E-state index contributed by atoms with van der Waals surface area (Å²) in [5.41, 5.74) is 2.80. The molecule has 0 atom stereocenters. The lowest BCUT2D eigenvalue weighted by molar-refractivity contribution is -0.385. The van der Waals surface area contributed by atoms with Crippen molar-refractivity contribution in [2.24, 2.45) is 12.1 Å². The Morgan fingerprint density at radius 3 is 2.45 bits per heavy atom. The second kappa shape index (κ2) is 8.75. The van der Waals surface area contributed by atoms with Gasteiger partial charge in [-0.05, 0) is 48.9 Å². The number of hydrogen-bond donors (Lipinski definition) is 1. The minimum atomic E-state index is -3.97. The van der Waals surface area contributed by atoms with Gasteiger partial charge in [0.25, 0.3) is 5.91 Å². The lowest BCUT2D eigenvalue weighted by Crippen LogP contribution is -2.19. The SMILES string of the molecule is Cc1ccc(S(=O)(=O)Oc2ccc(C=NNC(=O)c3nn(C)cc3[N+](=O)[O-])cc2)cc1. The molecule has 160 valence electrons. The summed E-state index contributed by atoms with van der Waals surface area (Å²) in [6.45, 7) is 1.84. The number of nitro groups is 1. The molecule has 0 aliphatic carbocycles. The maximum absolute atomic E-state index is 12.3. The first-order chi connectivity index (χ1) is 14.7. The van der Waals surface area contributed by atoms with Crippen LogP contribution in [0.15, 0.2) is 64.7 Å². The Balaban J connectivity index is 1.64. The van der Waals surface area contributed by atoms with Crippen LogP contribution in [0.3, 0.4) is 0 Å². The molecule has 31 heavy (non-hydrogen) atoms.